The van der Waals surface area contributed by atoms with Crippen LogP contribution < -0.4 is 4.90 Å². The summed E-state index contributed by atoms with van der Waals surface area (Å²) in [5.74, 6) is -0.324. The molecule has 0 unspecified atom stereocenters. The average Bonchev–Trinajstić information content (AvgIpc) is 3.44. The molecular formula is C27H21NO4S. The van der Waals surface area contributed by atoms with Crippen molar-refractivity contribution in [2.24, 2.45) is 0 Å². The maximum absolute atomic E-state index is 13.3. The molecule has 0 saturated heterocycles. The van der Waals surface area contributed by atoms with Gasteiger partial charge in [0, 0.05) is 21.9 Å². The number of thiophene rings is 1. The summed E-state index contributed by atoms with van der Waals surface area (Å²) in [6.07, 6.45) is 0.468. The number of amides is 1. The van der Waals surface area contributed by atoms with Crippen LogP contribution in [0.2, 0.25) is 0 Å². The first-order chi connectivity index (χ1) is 16.0. The molecule has 1 amide bonds. The lowest BCUT2D eigenvalue weighted by atomic mass is 10.1. The Kier molecular flexibility index (Phi) is 5.44. The molecule has 4 aromatic rings. The number of aromatic carboxylic acids is 1. The fraction of sp³-hybridized carbons (Fsp3) is 0.111. The molecule has 0 saturated carbocycles. The normalized spacial score (nSPS) is 13.7. The van der Waals surface area contributed by atoms with Crippen LogP contribution in [0.1, 0.15) is 15.2 Å². The van der Waals surface area contributed by atoms with Crippen LogP contribution in [0.25, 0.3) is 21.2 Å². The quantitative estimate of drug-likeness (QED) is 0.402. The molecule has 0 spiro atoms. The zero-order valence-corrected chi connectivity index (χ0v) is 18.8. The van der Waals surface area contributed by atoms with E-state index in [1.54, 1.807) is 41.5 Å². The lowest BCUT2D eigenvalue weighted by Gasteiger charge is -2.17. The second-order valence-corrected chi connectivity index (χ2v) is 9.03. The number of ether oxygens (including phenoxy) is 1. The molecule has 1 N–H and O–H groups in total. The van der Waals surface area contributed by atoms with Gasteiger partial charge in [0.05, 0.1) is 24.8 Å². The first-order valence-corrected chi connectivity index (χ1v) is 11.3. The molecule has 6 heteroatoms. The Morgan fingerprint density at radius 2 is 1.82 bits per heavy atom. The van der Waals surface area contributed by atoms with Crippen molar-refractivity contribution in [3.63, 3.8) is 0 Å². The molecule has 33 heavy (non-hydrogen) atoms. The van der Waals surface area contributed by atoms with Crippen LogP contribution in [0.4, 0.5) is 5.69 Å². The Bertz CT molecular complexity index is 1420. The van der Waals surface area contributed by atoms with Gasteiger partial charge in [-0.2, -0.15) is 0 Å². The van der Waals surface area contributed by atoms with E-state index in [4.69, 9.17) is 4.74 Å². The smallest absolute Gasteiger partial charge is 0.335 e. The van der Waals surface area contributed by atoms with Crippen molar-refractivity contribution in [1.82, 2.24) is 0 Å². The predicted octanol–water partition coefficient (Wildman–Crippen LogP) is 5.76. The fourth-order valence-corrected chi connectivity index (χ4v) is 5.13. The van der Waals surface area contributed by atoms with E-state index in [-0.39, 0.29) is 11.5 Å². The molecule has 0 atom stereocenters. The summed E-state index contributed by atoms with van der Waals surface area (Å²) in [7, 11) is 1.60. The molecule has 5 rings (SSSR count). The van der Waals surface area contributed by atoms with Gasteiger partial charge in [0.2, 0.25) is 0 Å². The number of rotatable bonds is 6. The summed E-state index contributed by atoms with van der Waals surface area (Å²) in [6, 6.07) is 24.9. The van der Waals surface area contributed by atoms with Crippen molar-refractivity contribution in [2.45, 2.75) is 6.42 Å². The number of carboxylic acids is 1. The van der Waals surface area contributed by atoms with E-state index in [1.165, 1.54) is 0 Å². The number of hydrogen-bond acceptors (Lipinski definition) is 4. The average molecular weight is 456 g/mol. The molecule has 0 bridgehead atoms. The van der Waals surface area contributed by atoms with E-state index in [0.717, 1.165) is 31.8 Å². The lowest BCUT2D eigenvalue weighted by Crippen LogP contribution is -2.27. The van der Waals surface area contributed by atoms with Crippen molar-refractivity contribution < 1.29 is 19.4 Å². The number of methoxy groups -OCH3 is 1. The zero-order chi connectivity index (χ0) is 22.9. The van der Waals surface area contributed by atoms with Gasteiger partial charge in [-0.25, -0.2) is 4.79 Å². The van der Waals surface area contributed by atoms with Crippen molar-refractivity contribution >= 4 is 39.7 Å². The first kappa shape index (κ1) is 21.0. The number of benzene rings is 3. The third-order valence-corrected chi connectivity index (χ3v) is 6.97. The van der Waals surface area contributed by atoms with Gasteiger partial charge in [-0.15, -0.1) is 11.3 Å². The van der Waals surface area contributed by atoms with Crippen LogP contribution in [-0.4, -0.2) is 30.6 Å². The maximum atomic E-state index is 13.3. The monoisotopic (exact) mass is 455 g/mol. The number of fused-ring (bicyclic) bond motifs is 1. The van der Waals surface area contributed by atoms with Crippen molar-refractivity contribution in [3.05, 3.63) is 101 Å². The third kappa shape index (κ3) is 4.01. The number of carbonyl (C=O) groups excluding carboxylic acids is 1. The minimum atomic E-state index is -0.950. The molecule has 0 fully saturated rings. The van der Waals surface area contributed by atoms with Gasteiger partial charge < -0.3 is 14.7 Å². The first-order valence-electron chi connectivity index (χ1n) is 10.5. The highest BCUT2D eigenvalue weighted by molar-refractivity contribution is 7.15. The summed E-state index contributed by atoms with van der Waals surface area (Å²) >= 11 is 1.55. The van der Waals surface area contributed by atoms with Crippen LogP contribution in [0.3, 0.4) is 0 Å². The highest BCUT2D eigenvalue weighted by Crippen LogP contribution is 2.34. The standard InChI is InChI=1S/C27H21NO4S/c1-32-24-16-28(21-10-9-17-5-2-3-6-18(17)14-21)26(29)23(24)15-22-11-12-25(33-22)19-7-4-8-20(13-19)27(30)31/h2-14H,15-16H2,1H3,(H,30,31). The number of carboxylic acid groups (broad SMARTS) is 1. The van der Waals surface area contributed by atoms with Crippen LogP contribution in [-0.2, 0) is 16.0 Å². The number of hydrogen-bond donors (Lipinski definition) is 1. The SMILES string of the molecule is COC1=C(Cc2ccc(-c3cccc(C(=O)O)c3)s2)C(=O)N(c2ccc3ccccc3c2)C1. The van der Waals surface area contributed by atoms with Crippen LogP contribution in [0, 0.1) is 0 Å². The lowest BCUT2D eigenvalue weighted by molar-refractivity contribution is -0.114. The van der Waals surface area contributed by atoms with E-state index in [2.05, 4.69) is 6.07 Å². The predicted molar refractivity (Wildman–Crippen MR) is 131 cm³/mol. The molecule has 1 aliphatic rings. The van der Waals surface area contributed by atoms with E-state index in [0.29, 0.717) is 24.3 Å². The van der Waals surface area contributed by atoms with Crippen molar-refractivity contribution in [2.75, 3.05) is 18.6 Å². The van der Waals surface area contributed by atoms with Gasteiger partial charge in [-0.05, 0) is 52.7 Å². The van der Waals surface area contributed by atoms with Gasteiger partial charge in [-0.1, -0.05) is 42.5 Å². The largest absolute Gasteiger partial charge is 0.499 e. The topological polar surface area (TPSA) is 66.8 Å². The Morgan fingerprint density at radius 1 is 1.00 bits per heavy atom. The maximum Gasteiger partial charge on any atom is 0.335 e. The molecule has 0 radical (unpaired) electrons. The summed E-state index contributed by atoms with van der Waals surface area (Å²) in [5, 5.41) is 11.5. The van der Waals surface area contributed by atoms with Gasteiger partial charge in [-0.3, -0.25) is 4.79 Å². The van der Waals surface area contributed by atoms with E-state index in [1.807, 2.05) is 54.6 Å². The summed E-state index contributed by atoms with van der Waals surface area (Å²) < 4.78 is 5.60. The number of nitrogens with zero attached hydrogens (tertiary/aromatic N) is 1. The molecule has 5 nitrogen and oxygen atoms in total. The van der Waals surface area contributed by atoms with Crippen molar-refractivity contribution in [3.8, 4) is 10.4 Å². The summed E-state index contributed by atoms with van der Waals surface area (Å²) in [4.78, 5) is 28.4. The van der Waals surface area contributed by atoms with E-state index in [9.17, 15) is 14.7 Å². The van der Waals surface area contributed by atoms with E-state index < -0.39 is 5.97 Å². The zero-order valence-electron chi connectivity index (χ0n) is 17.9. The van der Waals surface area contributed by atoms with Crippen LogP contribution >= 0.6 is 11.3 Å². The molecule has 2 heterocycles. The van der Waals surface area contributed by atoms with Crippen LogP contribution in [0.5, 0.6) is 0 Å². The Labute approximate surface area is 195 Å². The Morgan fingerprint density at radius 3 is 2.61 bits per heavy atom. The molecule has 164 valence electrons. The second kappa shape index (κ2) is 8.56. The molecular weight excluding hydrogens is 434 g/mol. The minimum absolute atomic E-state index is 0.0510. The number of carbonyl (C=O) groups is 2. The molecule has 0 aliphatic carbocycles. The Balaban J connectivity index is 1.39. The fourth-order valence-electron chi connectivity index (χ4n) is 4.12. The number of anilines is 1. The summed E-state index contributed by atoms with van der Waals surface area (Å²) in [6.45, 7) is 0.405. The third-order valence-electron chi connectivity index (χ3n) is 5.84. The minimum Gasteiger partial charge on any atom is -0.499 e. The van der Waals surface area contributed by atoms with Gasteiger partial charge in [0.15, 0.2) is 0 Å². The molecule has 1 aliphatic heterocycles. The van der Waals surface area contributed by atoms with Crippen molar-refractivity contribution in [1.29, 1.82) is 0 Å². The highest BCUT2D eigenvalue weighted by Gasteiger charge is 2.32. The molecule has 3 aromatic carbocycles. The second-order valence-electron chi connectivity index (χ2n) is 7.86. The van der Waals surface area contributed by atoms with E-state index >= 15 is 0 Å². The highest BCUT2D eigenvalue weighted by atomic mass is 32.1. The Hall–Kier alpha value is -3.90. The summed E-state index contributed by atoms with van der Waals surface area (Å²) in [5.41, 5.74) is 2.60. The van der Waals surface area contributed by atoms with Gasteiger partial charge >= 0.3 is 5.97 Å². The van der Waals surface area contributed by atoms with Gasteiger partial charge in [0.25, 0.3) is 5.91 Å². The molecule has 1 aromatic heterocycles. The van der Waals surface area contributed by atoms with Gasteiger partial charge in [0.1, 0.15) is 5.76 Å². The van der Waals surface area contributed by atoms with Crippen LogP contribution in [0.15, 0.2) is 90.2 Å².